The van der Waals surface area contributed by atoms with Crippen LogP contribution in [0.1, 0.15) is 18.0 Å². The minimum absolute atomic E-state index is 0.0445. The Hall–Kier alpha value is -1.13. The van der Waals surface area contributed by atoms with Crippen molar-refractivity contribution >= 4 is 0 Å². The zero-order valence-corrected chi connectivity index (χ0v) is 9.28. The van der Waals surface area contributed by atoms with Gasteiger partial charge >= 0.3 is 0 Å². The summed E-state index contributed by atoms with van der Waals surface area (Å²) in [5.41, 5.74) is 1.000. The topological polar surface area (TPSA) is 30.5 Å². The van der Waals surface area contributed by atoms with Crippen molar-refractivity contribution in [2.75, 3.05) is 20.4 Å². The molecule has 1 saturated heterocycles. The van der Waals surface area contributed by atoms with Crippen molar-refractivity contribution in [3.8, 4) is 5.75 Å². The smallest absolute Gasteiger partial charge is 0.188 e. The van der Waals surface area contributed by atoms with E-state index in [4.69, 9.17) is 9.47 Å². The molecule has 1 fully saturated rings. The Morgan fingerprint density at radius 1 is 1.44 bits per heavy atom. The molecule has 0 aromatic heterocycles. The number of halogens is 1. The molecule has 0 saturated carbocycles. The fraction of sp³-hybridized carbons (Fsp3) is 0.500. The predicted molar refractivity (Wildman–Crippen MR) is 59.2 cm³/mol. The van der Waals surface area contributed by atoms with Crippen LogP contribution in [0, 0.1) is 0 Å². The van der Waals surface area contributed by atoms with Crippen molar-refractivity contribution in [2.45, 2.75) is 18.6 Å². The Bertz CT molecular complexity index is 346. The average molecular weight is 225 g/mol. The van der Waals surface area contributed by atoms with Gasteiger partial charge in [0.05, 0.1) is 0 Å². The molecule has 1 aliphatic rings. The van der Waals surface area contributed by atoms with Gasteiger partial charge in [-0.15, -0.1) is 0 Å². The highest BCUT2D eigenvalue weighted by Crippen LogP contribution is 2.31. The first-order valence-corrected chi connectivity index (χ1v) is 5.39. The second-order valence-corrected chi connectivity index (χ2v) is 3.88. The molecule has 2 rings (SSSR count). The molecular formula is C12H16FNO2. The Kier molecular flexibility index (Phi) is 3.74. The zero-order chi connectivity index (χ0) is 11.4. The first-order chi connectivity index (χ1) is 7.81. The van der Waals surface area contributed by atoms with E-state index in [1.807, 2.05) is 24.3 Å². The molecule has 2 unspecified atom stereocenters. The van der Waals surface area contributed by atoms with Crippen molar-refractivity contribution in [3.63, 3.8) is 0 Å². The largest absolute Gasteiger partial charge is 0.467 e. The number of benzene rings is 1. The van der Waals surface area contributed by atoms with Crippen LogP contribution in [0.25, 0.3) is 0 Å². The molecule has 0 amide bonds. The lowest BCUT2D eigenvalue weighted by Crippen LogP contribution is -2.15. The molecule has 1 heterocycles. The number of hydrogen-bond acceptors (Lipinski definition) is 3. The fourth-order valence-electron chi connectivity index (χ4n) is 1.95. The van der Waals surface area contributed by atoms with Crippen LogP contribution >= 0.6 is 0 Å². The van der Waals surface area contributed by atoms with E-state index in [2.05, 4.69) is 5.32 Å². The molecule has 0 aliphatic carbocycles. The second-order valence-electron chi connectivity index (χ2n) is 3.88. The van der Waals surface area contributed by atoms with Gasteiger partial charge in [0.25, 0.3) is 0 Å². The zero-order valence-electron chi connectivity index (χ0n) is 9.28. The summed E-state index contributed by atoms with van der Waals surface area (Å²) in [6.07, 6.45) is -0.256. The molecule has 0 spiro atoms. The molecule has 16 heavy (non-hydrogen) atoms. The number of alkyl halides is 1. The van der Waals surface area contributed by atoms with E-state index < -0.39 is 6.17 Å². The van der Waals surface area contributed by atoms with E-state index in [0.717, 1.165) is 11.3 Å². The van der Waals surface area contributed by atoms with Gasteiger partial charge in [0, 0.05) is 25.3 Å². The maximum Gasteiger partial charge on any atom is 0.188 e. The van der Waals surface area contributed by atoms with E-state index in [0.29, 0.717) is 13.0 Å². The van der Waals surface area contributed by atoms with Gasteiger partial charge in [-0.3, -0.25) is 0 Å². The first-order valence-electron chi connectivity index (χ1n) is 5.39. The summed E-state index contributed by atoms with van der Waals surface area (Å²) in [4.78, 5) is 0. The third-order valence-corrected chi connectivity index (χ3v) is 2.70. The maximum atomic E-state index is 13.1. The number of rotatable bonds is 4. The molecule has 1 aliphatic heterocycles. The van der Waals surface area contributed by atoms with Gasteiger partial charge in [-0.25, -0.2) is 4.39 Å². The van der Waals surface area contributed by atoms with Crippen molar-refractivity contribution in [1.29, 1.82) is 0 Å². The number of methoxy groups -OCH3 is 1. The highest BCUT2D eigenvalue weighted by molar-refractivity contribution is 5.36. The Morgan fingerprint density at radius 3 is 2.94 bits per heavy atom. The average Bonchev–Trinajstić information content (AvgIpc) is 2.73. The van der Waals surface area contributed by atoms with Gasteiger partial charge in [-0.2, -0.15) is 0 Å². The van der Waals surface area contributed by atoms with Crippen LogP contribution in [0.5, 0.6) is 5.75 Å². The summed E-state index contributed by atoms with van der Waals surface area (Å²) < 4.78 is 23.4. The summed E-state index contributed by atoms with van der Waals surface area (Å²) in [6.45, 7) is 0.631. The highest BCUT2D eigenvalue weighted by atomic mass is 19.1. The third-order valence-electron chi connectivity index (χ3n) is 2.70. The van der Waals surface area contributed by atoms with Crippen LogP contribution in [0.4, 0.5) is 4.39 Å². The van der Waals surface area contributed by atoms with Crippen molar-refractivity contribution in [3.05, 3.63) is 29.8 Å². The summed E-state index contributed by atoms with van der Waals surface area (Å²) in [5, 5.41) is 3.14. The SMILES string of the molecule is COCOc1ccccc1C1CC(F)CN1. The third kappa shape index (κ3) is 2.51. The van der Waals surface area contributed by atoms with E-state index in [-0.39, 0.29) is 12.8 Å². The summed E-state index contributed by atoms with van der Waals surface area (Å²) >= 11 is 0. The monoisotopic (exact) mass is 225 g/mol. The van der Waals surface area contributed by atoms with Crippen LogP contribution in [-0.2, 0) is 4.74 Å². The van der Waals surface area contributed by atoms with Crippen LogP contribution in [0.3, 0.4) is 0 Å². The van der Waals surface area contributed by atoms with Crippen LogP contribution < -0.4 is 10.1 Å². The Balaban J connectivity index is 2.12. The molecule has 2 atom stereocenters. The molecule has 4 heteroatoms. The molecule has 3 nitrogen and oxygen atoms in total. The van der Waals surface area contributed by atoms with Gasteiger partial charge in [0.1, 0.15) is 11.9 Å². The van der Waals surface area contributed by atoms with Crippen molar-refractivity contribution in [1.82, 2.24) is 5.32 Å². The molecule has 0 radical (unpaired) electrons. The molecular weight excluding hydrogens is 209 g/mol. The molecule has 88 valence electrons. The standard InChI is InChI=1S/C12H16FNO2/c1-15-8-16-12-5-3-2-4-10(12)11-6-9(13)7-14-11/h2-5,9,11,14H,6-8H2,1H3. The molecule has 0 bridgehead atoms. The van der Waals surface area contributed by atoms with Crippen LogP contribution in [0.15, 0.2) is 24.3 Å². The Labute approximate surface area is 94.6 Å². The minimum atomic E-state index is -0.763. The second kappa shape index (κ2) is 5.27. The lowest BCUT2D eigenvalue weighted by atomic mass is 10.0. The van der Waals surface area contributed by atoms with E-state index in [9.17, 15) is 4.39 Å². The predicted octanol–water partition coefficient (Wildman–Crippen LogP) is 2.04. The van der Waals surface area contributed by atoms with Gasteiger partial charge < -0.3 is 14.8 Å². The minimum Gasteiger partial charge on any atom is -0.467 e. The highest BCUT2D eigenvalue weighted by Gasteiger charge is 2.26. The summed E-state index contributed by atoms with van der Waals surface area (Å²) in [6, 6.07) is 7.71. The van der Waals surface area contributed by atoms with E-state index >= 15 is 0 Å². The summed E-state index contributed by atoms with van der Waals surface area (Å²) in [5.74, 6) is 0.760. The van der Waals surface area contributed by atoms with E-state index in [1.54, 1.807) is 7.11 Å². The number of hydrogen-bond donors (Lipinski definition) is 1. The lowest BCUT2D eigenvalue weighted by Gasteiger charge is -2.15. The normalized spacial score (nSPS) is 24.6. The van der Waals surface area contributed by atoms with E-state index in [1.165, 1.54) is 0 Å². The first kappa shape index (κ1) is 11.4. The van der Waals surface area contributed by atoms with Crippen LogP contribution in [0.2, 0.25) is 0 Å². The molecule has 1 aromatic rings. The van der Waals surface area contributed by atoms with Crippen molar-refractivity contribution in [2.24, 2.45) is 0 Å². The van der Waals surface area contributed by atoms with Crippen LogP contribution in [-0.4, -0.2) is 26.6 Å². The number of nitrogens with one attached hydrogen (secondary N) is 1. The maximum absolute atomic E-state index is 13.1. The number of para-hydroxylation sites is 1. The lowest BCUT2D eigenvalue weighted by molar-refractivity contribution is 0.0501. The quantitative estimate of drug-likeness (QED) is 0.795. The van der Waals surface area contributed by atoms with Gasteiger partial charge in [-0.1, -0.05) is 18.2 Å². The van der Waals surface area contributed by atoms with Gasteiger partial charge in [-0.05, 0) is 12.5 Å². The summed E-state index contributed by atoms with van der Waals surface area (Å²) in [7, 11) is 1.58. The van der Waals surface area contributed by atoms with Crippen molar-refractivity contribution < 1.29 is 13.9 Å². The Morgan fingerprint density at radius 2 is 2.25 bits per heavy atom. The molecule has 1 N–H and O–H groups in total. The van der Waals surface area contributed by atoms with Gasteiger partial charge in [0.2, 0.25) is 0 Å². The van der Waals surface area contributed by atoms with Gasteiger partial charge in [0.15, 0.2) is 6.79 Å². The molecule has 1 aromatic carbocycles. The fourth-order valence-corrected chi connectivity index (χ4v) is 1.95. The number of ether oxygens (including phenoxy) is 2.